The minimum atomic E-state index is -0.722. The van der Waals surface area contributed by atoms with Crippen LogP contribution in [0.5, 0.6) is 5.75 Å². The van der Waals surface area contributed by atoms with Crippen molar-refractivity contribution in [3.05, 3.63) is 24.3 Å². The van der Waals surface area contributed by atoms with Crippen LogP contribution in [0.4, 0.5) is 15.3 Å². The Morgan fingerprint density at radius 2 is 1.23 bits per heavy atom. The first kappa shape index (κ1) is 25.8. The Kier molecular flexibility index (Phi) is 15.1. The second kappa shape index (κ2) is 17.6. The van der Waals surface area contributed by atoms with E-state index < -0.39 is 12.2 Å². The number of benzene rings is 1. The molecular formula is C24H39NO5. The van der Waals surface area contributed by atoms with E-state index in [2.05, 4.69) is 12.2 Å². The fraction of sp³-hybridized carbons (Fsp3) is 0.667. The van der Waals surface area contributed by atoms with E-state index in [1.807, 2.05) is 6.92 Å². The Balaban J connectivity index is 2.07. The molecule has 0 spiro atoms. The molecule has 0 atom stereocenters. The van der Waals surface area contributed by atoms with Crippen LogP contribution in [0.3, 0.4) is 0 Å². The first-order valence-corrected chi connectivity index (χ1v) is 11.5. The van der Waals surface area contributed by atoms with Gasteiger partial charge in [0.15, 0.2) is 0 Å². The summed E-state index contributed by atoms with van der Waals surface area (Å²) in [6.07, 6.45) is 13.0. The number of hydrogen-bond donors (Lipinski definition) is 1. The van der Waals surface area contributed by atoms with E-state index in [9.17, 15) is 9.59 Å². The summed E-state index contributed by atoms with van der Waals surface area (Å²) in [6.45, 7) is 5.03. The minimum Gasteiger partial charge on any atom is -0.449 e. The minimum absolute atomic E-state index is 0.347. The summed E-state index contributed by atoms with van der Waals surface area (Å²) in [5.41, 5.74) is 0.578. The molecule has 1 amide bonds. The van der Waals surface area contributed by atoms with Crippen molar-refractivity contribution in [1.29, 1.82) is 0 Å². The molecule has 0 aliphatic rings. The molecule has 6 heteroatoms. The molecule has 0 unspecified atom stereocenters. The Bertz CT molecular complexity index is 573. The summed E-state index contributed by atoms with van der Waals surface area (Å²) in [7, 11) is 0. The van der Waals surface area contributed by atoms with Crippen LogP contribution in [-0.2, 0) is 9.47 Å². The molecule has 6 nitrogen and oxygen atoms in total. The van der Waals surface area contributed by atoms with Gasteiger partial charge in [0, 0.05) is 5.69 Å². The van der Waals surface area contributed by atoms with Gasteiger partial charge in [-0.3, -0.25) is 5.32 Å². The number of ether oxygens (including phenoxy) is 3. The highest BCUT2D eigenvalue weighted by Crippen LogP contribution is 2.17. The lowest BCUT2D eigenvalue weighted by Gasteiger charge is -2.08. The van der Waals surface area contributed by atoms with Crippen molar-refractivity contribution in [2.45, 2.75) is 90.9 Å². The molecule has 1 aromatic carbocycles. The average molecular weight is 422 g/mol. The average Bonchev–Trinajstić information content (AvgIpc) is 2.73. The Morgan fingerprint density at radius 3 is 1.83 bits per heavy atom. The second-order valence-electron chi connectivity index (χ2n) is 7.52. The van der Waals surface area contributed by atoms with Crippen molar-refractivity contribution in [2.75, 3.05) is 18.5 Å². The van der Waals surface area contributed by atoms with Crippen molar-refractivity contribution in [1.82, 2.24) is 0 Å². The number of amides is 1. The third-order valence-corrected chi connectivity index (χ3v) is 4.75. The van der Waals surface area contributed by atoms with Gasteiger partial charge in [-0.25, -0.2) is 9.59 Å². The van der Waals surface area contributed by atoms with Crippen molar-refractivity contribution >= 4 is 17.9 Å². The van der Waals surface area contributed by atoms with E-state index in [-0.39, 0.29) is 0 Å². The van der Waals surface area contributed by atoms with Crippen molar-refractivity contribution in [2.24, 2.45) is 0 Å². The van der Waals surface area contributed by atoms with Gasteiger partial charge in [-0.05, 0) is 37.1 Å². The SMILES string of the molecule is CCCCCCCCCCCCOC(=O)Nc1ccc(OC(=O)OCCCC)cc1. The maximum absolute atomic E-state index is 11.8. The normalized spacial score (nSPS) is 10.5. The highest BCUT2D eigenvalue weighted by atomic mass is 16.7. The first-order valence-electron chi connectivity index (χ1n) is 11.5. The lowest BCUT2D eigenvalue weighted by atomic mass is 10.1. The Hall–Kier alpha value is -2.24. The van der Waals surface area contributed by atoms with Crippen molar-refractivity contribution in [3.8, 4) is 5.75 Å². The summed E-state index contributed by atoms with van der Waals surface area (Å²) < 4.78 is 15.2. The Labute approximate surface area is 181 Å². The van der Waals surface area contributed by atoms with Crippen LogP contribution in [0.15, 0.2) is 24.3 Å². The molecule has 0 saturated heterocycles. The van der Waals surface area contributed by atoms with Crippen molar-refractivity contribution < 1.29 is 23.8 Å². The van der Waals surface area contributed by atoms with Crippen LogP contribution >= 0.6 is 0 Å². The fourth-order valence-corrected chi connectivity index (χ4v) is 2.94. The molecule has 0 aromatic heterocycles. The third-order valence-electron chi connectivity index (χ3n) is 4.75. The van der Waals surface area contributed by atoms with Gasteiger partial charge in [0.1, 0.15) is 5.75 Å². The van der Waals surface area contributed by atoms with Crippen LogP contribution in [0.2, 0.25) is 0 Å². The van der Waals surface area contributed by atoms with Gasteiger partial charge in [0.25, 0.3) is 0 Å². The molecule has 1 N–H and O–H groups in total. The topological polar surface area (TPSA) is 73.9 Å². The fourth-order valence-electron chi connectivity index (χ4n) is 2.94. The van der Waals surface area contributed by atoms with Gasteiger partial charge in [-0.2, -0.15) is 0 Å². The number of rotatable bonds is 16. The third kappa shape index (κ3) is 13.9. The number of anilines is 1. The predicted molar refractivity (Wildman–Crippen MR) is 120 cm³/mol. The maximum atomic E-state index is 11.8. The molecule has 0 fully saturated rings. The molecule has 0 radical (unpaired) electrons. The zero-order chi connectivity index (χ0) is 21.9. The summed E-state index contributed by atoms with van der Waals surface area (Å²) in [4.78, 5) is 23.3. The van der Waals surface area contributed by atoms with E-state index >= 15 is 0 Å². The molecule has 30 heavy (non-hydrogen) atoms. The number of hydrogen-bond acceptors (Lipinski definition) is 5. The number of unbranched alkanes of at least 4 members (excludes halogenated alkanes) is 10. The molecule has 0 aliphatic carbocycles. The van der Waals surface area contributed by atoms with Gasteiger partial charge in [0.2, 0.25) is 0 Å². The van der Waals surface area contributed by atoms with Gasteiger partial charge >= 0.3 is 12.2 Å². The zero-order valence-electron chi connectivity index (χ0n) is 18.8. The molecule has 0 bridgehead atoms. The van der Waals surface area contributed by atoms with Crippen LogP contribution in [0.1, 0.15) is 90.9 Å². The van der Waals surface area contributed by atoms with Gasteiger partial charge in [-0.15, -0.1) is 0 Å². The van der Waals surface area contributed by atoms with E-state index in [0.717, 1.165) is 25.7 Å². The highest BCUT2D eigenvalue weighted by Gasteiger charge is 2.07. The maximum Gasteiger partial charge on any atom is 0.513 e. The number of nitrogens with one attached hydrogen (secondary N) is 1. The van der Waals surface area contributed by atoms with E-state index in [4.69, 9.17) is 14.2 Å². The van der Waals surface area contributed by atoms with E-state index in [1.54, 1.807) is 24.3 Å². The van der Waals surface area contributed by atoms with Gasteiger partial charge < -0.3 is 14.2 Å². The predicted octanol–water partition coefficient (Wildman–Crippen LogP) is 7.47. The molecule has 170 valence electrons. The van der Waals surface area contributed by atoms with Crippen LogP contribution in [0, 0.1) is 0 Å². The Morgan fingerprint density at radius 1 is 0.700 bits per heavy atom. The van der Waals surface area contributed by atoms with Crippen LogP contribution in [-0.4, -0.2) is 25.5 Å². The molecule has 1 rings (SSSR count). The van der Waals surface area contributed by atoms with Gasteiger partial charge in [0.05, 0.1) is 13.2 Å². The zero-order valence-corrected chi connectivity index (χ0v) is 18.8. The molecular weight excluding hydrogens is 382 g/mol. The van der Waals surface area contributed by atoms with Crippen LogP contribution < -0.4 is 10.1 Å². The van der Waals surface area contributed by atoms with E-state index in [0.29, 0.717) is 24.7 Å². The highest BCUT2D eigenvalue weighted by molar-refractivity contribution is 5.84. The van der Waals surface area contributed by atoms with Gasteiger partial charge in [-0.1, -0.05) is 78.1 Å². The standard InChI is InChI=1S/C24H39NO5/c1-3-5-7-8-9-10-11-12-13-14-20-28-23(26)25-21-15-17-22(18-16-21)30-24(27)29-19-6-4-2/h15-18H,3-14,19-20H2,1-2H3,(H,25,26). The molecule has 0 aliphatic heterocycles. The number of carbonyl (C=O) groups excluding carboxylic acids is 2. The largest absolute Gasteiger partial charge is 0.513 e. The smallest absolute Gasteiger partial charge is 0.449 e. The van der Waals surface area contributed by atoms with E-state index in [1.165, 1.54) is 51.4 Å². The summed E-state index contributed by atoms with van der Waals surface area (Å²) in [5, 5.41) is 2.67. The van der Waals surface area contributed by atoms with Crippen molar-refractivity contribution in [3.63, 3.8) is 0 Å². The monoisotopic (exact) mass is 421 g/mol. The second-order valence-corrected chi connectivity index (χ2v) is 7.52. The summed E-state index contributed by atoms with van der Waals surface area (Å²) in [5.74, 6) is 0.362. The lowest BCUT2D eigenvalue weighted by molar-refractivity contribution is 0.0978. The molecule has 0 heterocycles. The lowest BCUT2D eigenvalue weighted by Crippen LogP contribution is -2.14. The molecule has 1 aromatic rings. The summed E-state index contributed by atoms with van der Waals surface area (Å²) in [6, 6.07) is 6.49. The number of carbonyl (C=O) groups is 2. The quantitative estimate of drug-likeness (QED) is 0.170. The summed E-state index contributed by atoms with van der Waals surface area (Å²) >= 11 is 0. The first-order chi connectivity index (χ1) is 14.7. The van der Waals surface area contributed by atoms with Crippen LogP contribution in [0.25, 0.3) is 0 Å². The molecule has 0 saturated carbocycles.